The topological polar surface area (TPSA) is 60.0 Å². The van der Waals surface area contributed by atoms with Crippen molar-refractivity contribution in [1.82, 2.24) is 5.32 Å². The summed E-state index contributed by atoms with van der Waals surface area (Å²) < 4.78 is 15.7. The second-order valence-electron chi connectivity index (χ2n) is 4.94. The van der Waals surface area contributed by atoms with Gasteiger partial charge < -0.3 is 24.6 Å². The fourth-order valence-electron chi connectivity index (χ4n) is 1.69. The van der Waals surface area contributed by atoms with Crippen LogP contribution in [0.1, 0.15) is 19.4 Å². The van der Waals surface area contributed by atoms with Gasteiger partial charge in [0.15, 0.2) is 11.5 Å². The zero-order valence-corrected chi connectivity index (χ0v) is 12.7. The van der Waals surface area contributed by atoms with Crippen LogP contribution in [0.3, 0.4) is 0 Å². The zero-order valence-electron chi connectivity index (χ0n) is 12.7. The molecule has 1 unspecified atom stereocenters. The summed E-state index contributed by atoms with van der Waals surface area (Å²) in [7, 11) is 3.14. The fourth-order valence-corrected chi connectivity index (χ4v) is 1.69. The third kappa shape index (κ3) is 5.77. The van der Waals surface area contributed by atoms with Crippen LogP contribution in [-0.2, 0) is 11.3 Å². The van der Waals surface area contributed by atoms with Gasteiger partial charge in [0.05, 0.1) is 13.7 Å². The number of hydrogen-bond acceptors (Lipinski definition) is 5. The predicted octanol–water partition coefficient (Wildman–Crippen LogP) is 1.58. The van der Waals surface area contributed by atoms with Gasteiger partial charge in [0.1, 0.15) is 12.7 Å². The van der Waals surface area contributed by atoms with Gasteiger partial charge >= 0.3 is 0 Å². The second kappa shape index (κ2) is 8.79. The van der Waals surface area contributed by atoms with Gasteiger partial charge in [-0.1, -0.05) is 19.9 Å². The van der Waals surface area contributed by atoms with Crippen LogP contribution in [0.15, 0.2) is 18.2 Å². The molecule has 1 aromatic carbocycles. The van der Waals surface area contributed by atoms with Crippen LogP contribution < -0.4 is 14.8 Å². The first-order valence-electron chi connectivity index (χ1n) is 6.77. The maximum atomic E-state index is 9.62. The number of nitrogens with one attached hydrogen (secondary N) is 1. The summed E-state index contributed by atoms with van der Waals surface area (Å²) in [5.74, 6) is 1.29. The Morgan fingerprint density at radius 1 is 1.15 bits per heavy atom. The van der Waals surface area contributed by atoms with Crippen LogP contribution in [0.2, 0.25) is 0 Å². The summed E-state index contributed by atoms with van der Waals surface area (Å²) >= 11 is 0. The van der Waals surface area contributed by atoms with E-state index in [2.05, 4.69) is 19.2 Å². The van der Waals surface area contributed by atoms with Crippen molar-refractivity contribution < 1.29 is 19.3 Å². The minimum atomic E-state index is -0.651. The lowest BCUT2D eigenvalue weighted by Crippen LogP contribution is -2.23. The van der Waals surface area contributed by atoms with Crippen molar-refractivity contribution in [2.45, 2.75) is 32.5 Å². The summed E-state index contributed by atoms with van der Waals surface area (Å²) in [6, 6.07) is 6.21. The molecule has 0 fully saturated rings. The van der Waals surface area contributed by atoms with Crippen LogP contribution in [0.5, 0.6) is 11.5 Å². The highest BCUT2D eigenvalue weighted by molar-refractivity contribution is 5.43. The molecule has 1 atom stereocenters. The Morgan fingerprint density at radius 3 is 2.50 bits per heavy atom. The van der Waals surface area contributed by atoms with Gasteiger partial charge in [-0.05, 0) is 17.7 Å². The maximum Gasteiger partial charge on any atom is 0.161 e. The minimum Gasteiger partial charge on any atom is -0.493 e. The molecule has 0 aromatic heterocycles. The third-order valence-corrected chi connectivity index (χ3v) is 2.73. The molecular weight excluding hydrogens is 258 g/mol. The van der Waals surface area contributed by atoms with Crippen LogP contribution in [0.4, 0.5) is 0 Å². The normalized spacial score (nSPS) is 12.5. The molecule has 0 bridgehead atoms. The van der Waals surface area contributed by atoms with Crippen molar-refractivity contribution >= 4 is 0 Å². The van der Waals surface area contributed by atoms with E-state index in [9.17, 15) is 5.11 Å². The quantitative estimate of drug-likeness (QED) is 0.720. The molecule has 0 saturated carbocycles. The van der Waals surface area contributed by atoms with E-state index in [0.717, 1.165) is 12.1 Å². The highest BCUT2D eigenvalue weighted by atomic mass is 16.5. The molecule has 0 radical (unpaired) electrons. The van der Waals surface area contributed by atoms with E-state index in [1.54, 1.807) is 14.2 Å². The molecule has 5 nitrogen and oxygen atoms in total. The molecule has 0 aliphatic heterocycles. The Morgan fingerprint density at radius 2 is 1.90 bits per heavy atom. The van der Waals surface area contributed by atoms with E-state index in [0.29, 0.717) is 17.5 Å². The molecule has 0 heterocycles. The first kappa shape index (κ1) is 16.8. The van der Waals surface area contributed by atoms with Crippen molar-refractivity contribution in [3.05, 3.63) is 23.8 Å². The first-order valence-corrected chi connectivity index (χ1v) is 6.77. The highest BCUT2D eigenvalue weighted by Gasteiger charge is 2.09. The van der Waals surface area contributed by atoms with Crippen LogP contribution in [0.25, 0.3) is 0 Å². The number of hydrogen-bond donors (Lipinski definition) is 2. The Labute approximate surface area is 120 Å². The number of aliphatic hydroxyl groups is 1. The molecule has 2 N–H and O–H groups in total. The van der Waals surface area contributed by atoms with Gasteiger partial charge in [-0.3, -0.25) is 0 Å². The summed E-state index contributed by atoms with van der Waals surface area (Å²) in [5, 5.41) is 13.0. The Balaban J connectivity index is 2.67. The third-order valence-electron chi connectivity index (χ3n) is 2.73. The summed E-state index contributed by atoms with van der Waals surface area (Å²) in [5.41, 5.74) is 1.11. The van der Waals surface area contributed by atoms with E-state index in [1.165, 1.54) is 0 Å². The van der Waals surface area contributed by atoms with Crippen molar-refractivity contribution in [3.8, 4) is 11.5 Å². The fraction of sp³-hybridized carbons (Fsp3) is 0.600. The zero-order chi connectivity index (χ0) is 15.0. The lowest BCUT2D eigenvalue weighted by molar-refractivity contribution is 0.0319. The van der Waals surface area contributed by atoms with Crippen molar-refractivity contribution in [3.63, 3.8) is 0 Å². The lowest BCUT2D eigenvalue weighted by Gasteiger charge is -2.15. The average molecular weight is 283 g/mol. The monoisotopic (exact) mass is 283 g/mol. The van der Waals surface area contributed by atoms with Gasteiger partial charge in [-0.2, -0.15) is 0 Å². The number of benzene rings is 1. The highest BCUT2D eigenvalue weighted by Crippen LogP contribution is 2.28. The maximum absolute atomic E-state index is 9.62. The van der Waals surface area contributed by atoms with Crippen molar-refractivity contribution in [2.24, 2.45) is 0 Å². The molecule has 0 spiro atoms. The van der Waals surface area contributed by atoms with Crippen LogP contribution in [0, 0.1) is 0 Å². The summed E-state index contributed by atoms with van der Waals surface area (Å²) in [4.78, 5) is 0. The van der Waals surface area contributed by atoms with Gasteiger partial charge in [-0.25, -0.2) is 0 Å². The summed E-state index contributed by atoms with van der Waals surface area (Å²) in [6.07, 6.45) is -0.651. The number of rotatable bonds is 9. The van der Waals surface area contributed by atoms with Crippen molar-refractivity contribution in [1.29, 1.82) is 0 Å². The van der Waals surface area contributed by atoms with E-state index >= 15 is 0 Å². The molecule has 0 amide bonds. The molecule has 0 aliphatic carbocycles. The van der Waals surface area contributed by atoms with Gasteiger partial charge in [0.25, 0.3) is 0 Å². The molecule has 20 heavy (non-hydrogen) atoms. The van der Waals surface area contributed by atoms with Crippen molar-refractivity contribution in [2.75, 3.05) is 27.4 Å². The molecular formula is C15H25NO4. The van der Waals surface area contributed by atoms with E-state index < -0.39 is 6.10 Å². The second-order valence-corrected chi connectivity index (χ2v) is 4.94. The SMILES string of the molecule is COCC(O)COc1cc(CNC(C)C)ccc1OC. The first-order chi connectivity index (χ1) is 9.56. The lowest BCUT2D eigenvalue weighted by atomic mass is 10.2. The van der Waals surface area contributed by atoms with Gasteiger partial charge in [0.2, 0.25) is 0 Å². The van der Waals surface area contributed by atoms with E-state index in [1.807, 2.05) is 18.2 Å². The molecule has 1 rings (SSSR count). The standard InChI is InChI=1S/C15H25NO4/c1-11(2)16-8-12-5-6-14(19-4)15(7-12)20-10-13(17)9-18-3/h5-7,11,13,16-17H,8-10H2,1-4H3. The number of methoxy groups -OCH3 is 2. The largest absolute Gasteiger partial charge is 0.493 e. The predicted molar refractivity (Wildman–Crippen MR) is 78.3 cm³/mol. The Kier molecular flexibility index (Phi) is 7.36. The van der Waals surface area contributed by atoms with E-state index in [-0.39, 0.29) is 13.2 Å². The molecule has 5 heteroatoms. The molecule has 1 aromatic rings. The smallest absolute Gasteiger partial charge is 0.161 e. The molecule has 0 saturated heterocycles. The Bertz CT molecular complexity index is 395. The minimum absolute atomic E-state index is 0.172. The molecule has 0 aliphatic rings. The van der Waals surface area contributed by atoms with Gasteiger partial charge in [-0.15, -0.1) is 0 Å². The average Bonchev–Trinajstić information content (AvgIpc) is 2.43. The van der Waals surface area contributed by atoms with Crippen LogP contribution in [-0.4, -0.2) is 44.7 Å². The Hall–Kier alpha value is -1.30. The number of ether oxygens (including phenoxy) is 3. The van der Waals surface area contributed by atoms with Crippen LogP contribution >= 0.6 is 0 Å². The van der Waals surface area contributed by atoms with Gasteiger partial charge in [0, 0.05) is 19.7 Å². The molecule has 114 valence electrons. The number of aliphatic hydroxyl groups excluding tert-OH is 1. The van der Waals surface area contributed by atoms with E-state index in [4.69, 9.17) is 14.2 Å². The summed E-state index contributed by atoms with van der Waals surface area (Å²) in [6.45, 7) is 5.38.